The number of aliphatic imine (C=N–C) groups is 1. The SMILES string of the molecule is CCNC(=NCCCCSC)NC1CCN(c2ccccn2)CC1. The van der Waals surface area contributed by atoms with Gasteiger partial charge in [-0.05, 0) is 56.7 Å². The highest BCUT2D eigenvalue weighted by atomic mass is 32.2. The van der Waals surface area contributed by atoms with Crippen LogP contribution in [-0.4, -0.2) is 55.2 Å². The van der Waals surface area contributed by atoms with E-state index in [1.807, 2.05) is 24.0 Å². The molecule has 0 atom stereocenters. The molecule has 1 aromatic heterocycles. The smallest absolute Gasteiger partial charge is 0.191 e. The number of nitrogens with one attached hydrogen (secondary N) is 2. The van der Waals surface area contributed by atoms with Crippen molar-refractivity contribution in [3.8, 4) is 0 Å². The second-order valence-electron chi connectivity index (χ2n) is 6.05. The van der Waals surface area contributed by atoms with Gasteiger partial charge in [0.1, 0.15) is 5.82 Å². The molecule has 0 saturated carbocycles. The molecule has 2 rings (SSSR count). The number of hydrogen-bond acceptors (Lipinski definition) is 4. The molecule has 1 aliphatic heterocycles. The van der Waals surface area contributed by atoms with Crippen LogP contribution in [-0.2, 0) is 0 Å². The first kappa shape index (κ1) is 18.9. The molecule has 0 aliphatic carbocycles. The van der Waals surface area contributed by atoms with Gasteiger partial charge < -0.3 is 15.5 Å². The predicted octanol–water partition coefficient (Wildman–Crippen LogP) is 2.75. The molecule has 0 amide bonds. The van der Waals surface area contributed by atoms with E-state index in [-0.39, 0.29) is 0 Å². The maximum absolute atomic E-state index is 4.72. The van der Waals surface area contributed by atoms with Gasteiger partial charge in [0.2, 0.25) is 0 Å². The fourth-order valence-corrected chi connectivity index (χ4v) is 3.35. The van der Waals surface area contributed by atoms with Crippen molar-refractivity contribution in [2.45, 2.75) is 38.6 Å². The van der Waals surface area contributed by atoms with E-state index in [1.165, 1.54) is 12.2 Å². The second kappa shape index (κ2) is 11.2. The Morgan fingerprint density at radius 2 is 2.17 bits per heavy atom. The van der Waals surface area contributed by atoms with Crippen molar-refractivity contribution in [2.24, 2.45) is 4.99 Å². The zero-order valence-corrected chi connectivity index (χ0v) is 15.8. The average Bonchev–Trinajstić information content (AvgIpc) is 2.63. The first-order chi connectivity index (χ1) is 11.8. The molecule has 2 N–H and O–H groups in total. The lowest BCUT2D eigenvalue weighted by molar-refractivity contribution is 0.459. The van der Waals surface area contributed by atoms with Crippen LogP contribution >= 0.6 is 11.8 Å². The minimum Gasteiger partial charge on any atom is -0.357 e. The Morgan fingerprint density at radius 1 is 1.33 bits per heavy atom. The molecule has 1 aliphatic rings. The molecule has 1 saturated heterocycles. The Hall–Kier alpha value is -1.43. The largest absolute Gasteiger partial charge is 0.357 e. The topological polar surface area (TPSA) is 52.6 Å². The number of aromatic nitrogens is 1. The number of hydrogen-bond donors (Lipinski definition) is 2. The predicted molar refractivity (Wildman–Crippen MR) is 106 cm³/mol. The van der Waals surface area contributed by atoms with E-state index in [1.54, 1.807) is 0 Å². The lowest BCUT2D eigenvalue weighted by Crippen LogP contribution is -2.49. The van der Waals surface area contributed by atoms with Crippen LogP contribution in [0.5, 0.6) is 0 Å². The second-order valence-corrected chi connectivity index (χ2v) is 7.04. The van der Waals surface area contributed by atoms with Crippen LogP contribution in [0.2, 0.25) is 0 Å². The van der Waals surface area contributed by atoms with E-state index < -0.39 is 0 Å². The van der Waals surface area contributed by atoms with E-state index >= 15 is 0 Å². The van der Waals surface area contributed by atoms with Crippen molar-refractivity contribution < 1.29 is 0 Å². The quantitative estimate of drug-likeness (QED) is 0.429. The van der Waals surface area contributed by atoms with Crippen LogP contribution in [0, 0.1) is 0 Å². The number of rotatable bonds is 8. The highest BCUT2D eigenvalue weighted by molar-refractivity contribution is 7.98. The Bertz CT molecular complexity index is 472. The molecule has 1 fully saturated rings. The monoisotopic (exact) mass is 349 g/mol. The summed E-state index contributed by atoms with van der Waals surface area (Å²) < 4.78 is 0. The van der Waals surface area contributed by atoms with E-state index in [4.69, 9.17) is 4.99 Å². The molecule has 0 bridgehead atoms. The van der Waals surface area contributed by atoms with E-state index in [9.17, 15) is 0 Å². The van der Waals surface area contributed by atoms with Crippen molar-refractivity contribution >= 4 is 23.5 Å². The van der Waals surface area contributed by atoms with Crippen molar-refractivity contribution in [1.29, 1.82) is 0 Å². The lowest BCUT2D eigenvalue weighted by Gasteiger charge is -2.33. The summed E-state index contributed by atoms with van der Waals surface area (Å²) >= 11 is 1.91. The van der Waals surface area contributed by atoms with Crippen LogP contribution < -0.4 is 15.5 Å². The summed E-state index contributed by atoms with van der Waals surface area (Å²) in [7, 11) is 0. The Balaban J connectivity index is 1.76. The molecule has 0 radical (unpaired) electrons. The van der Waals surface area contributed by atoms with Gasteiger partial charge in [0.25, 0.3) is 0 Å². The molecule has 5 nitrogen and oxygen atoms in total. The van der Waals surface area contributed by atoms with E-state index in [0.717, 1.165) is 57.2 Å². The minimum atomic E-state index is 0.494. The molecule has 134 valence electrons. The van der Waals surface area contributed by atoms with Gasteiger partial charge in [-0.15, -0.1) is 0 Å². The molecule has 24 heavy (non-hydrogen) atoms. The molecule has 0 unspecified atom stereocenters. The van der Waals surface area contributed by atoms with E-state index in [2.05, 4.69) is 45.8 Å². The van der Waals surface area contributed by atoms with E-state index in [0.29, 0.717) is 6.04 Å². The first-order valence-electron chi connectivity index (χ1n) is 9.03. The van der Waals surface area contributed by atoms with Crippen LogP contribution in [0.1, 0.15) is 32.6 Å². The highest BCUT2D eigenvalue weighted by Gasteiger charge is 2.20. The van der Waals surface area contributed by atoms with Gasteiger partial charge in [-0.3, -0.25) is 4.99 Å². The number of unbranched alkanes of at least 4 members (excludes halogenated alkanes) is 1. The summed E-state index contributed by atoms with van der Waals surface area (Å²) in [6, 6.07) is 6.61. The van der Waals surface area contributed by atoms with Crippen LogP contribution in [0.4, 0.5) is 5.82 Å². The van der Waals surface area contributed by atoms with Gasteiger partial charge in [-0.25, -0.2) is 4.98 Å². The molecule has 0 aromatic carbocycles. The Kier molecular flexibility index (Phi) is 8.81. The number of piperidine rings is 1. The number of anilines is 1. The van der Waals surface area contributed by atoms with Crippen LogP contribution in [0.25, 0.3) is 0 Å². The zero-order chi connectivity index (χ0) is 17.0. The standard InChI is InChI=1S/C18H31N5S/c1-3-19-18(21-12-6-7-15-24-2)22-16-9-13-23(14-10-16)17-8-4-5-11-20-17/h4-5,8,11,16H,3,6-7,9-10,12-15H2,1-2H3,(H2,19,21,22). The number of pyridine rings is 1. The average molecular weight is 350 g/mol. The van der Waals surface area contributed by atoms with Gasteiger partial charge in [0.05, 0.1) is 0 Å². The summed E-state index contributed by atoms with van der Waals surface area (Å²) in [5, 5.41) is 6.98. The third-order valence-electron chi connectivity index (χ3n) is 4.18. The van der Waals surface area contributed by atoms with Crippen LogP contribution in [0.3, 0.4) is 0 Å². The number of guanidine groups is 1. The fourth-order valence-electron chi connectivity index (χ4n) is 2.86. The fraction of sp³-hybridized carbons (Fsp3) is 0.667. The molecule has 6 heteroatoms. The summed E-state index contributed by atoms with van der Waals surface area (Å²) in [6.45, 7) is 6.02. The molecule has 2 heterocycles. The maximum atomic E-state index is 4.72. The normalized spacial score (nSPS) is 16.2. The summed E-state index contributed by atoms with van der Waals surface area (Å²) in [6.07, 6.45) is 8.67. The lowest BCUT2D eigenvalue weighted by atomic mass is 10.1. The van der Waals surface area contributed by atoms with Crippen molar-refractivity contribution in [1.82, 2.24) is 15.6 Å². The third-order valence-corrected chi connectivity index (χ3v) is 4.88. The van der Waals surface area contributed by atoms with Gasteiger partial charge in [0.15, 0.2) is 5.96 Å². The molecule has 1 aromatic rings. The zero-order valence-electron chi connectivity index (χ0n) is 15.0. The molecular weight excluding hydrogens is 318 g/mol. The van der Waals surface area contributed by atoms with Crippen molar-refractivity contribution in [2.75, 3.05) is 43.1 Å². The van der Waals surface area contributed by atoms with Crippen LogP contribution in [0.15, 0.2) is 29.4 Å². The maximum Gasteiger partial charge on any atom is 0.191 e. The van der Waals surface area contributed by atoms with Gasteiger partial charge in [-0.1, -0.05) is 6.07 Å². The van der Waals surface area contributed by atoms with Crippen molar-refractivity contribution in [3.05, 3.63) is 24.4 Å². The van der Waals surface area contributed by atoms with Gasteiger partial charge in [0, 0.05) is 38.4 Å². The Labute approximate surface area is 150 Å². The van der Waals surface area contributed by atoms with Gasteiger partial charge in [-0.2, -0.15) is 11.8 Å². The summed E-state index contributed by atoms with van der Waals surface area (Å²) in [4.78, 5) is 11.5. The number of nitrogens with zero attached hydrogens (tertiary/aromatic N) is 3. The molecule has 0 spiro atoms. The summed E-state index contributed by atoms with van der Waals surface area (Å²) in [5.74, 6) is 3.29. The van der Waals surface area contributed by atoms with Gasteiger partial charge >= 0.3 is 0 Å². The Morgan fingerprint density at radius 3 is 2.83 bits per heavy atom. The third kappa shape index (κ3) is 6.59. The summed E-state index contributed by atoms with van der Waals surface area (Å²) in [5.41, 5.74) is 0. The first-order valence-corrected chi connectivity index (χ1v) is 10.4. The number of thioether (sulfide) groups is 1. The highest BCUT2D eigenvalue weighted by Crippen LogP contribution is 2.17. The molecular formula is C18H31N5S. The van der Waals surface area contributed by atoms with Crippen molar-refractivity contribution in [3.63, 3.8) is 0 Å². The minimum absolute atomic E-state index is 0.494.